The van der Waals surface area contributed by atoms with Gasteiger partial charge in [-0.2, -0.15) is 9.97 Å². The number of hydrogen-bond donors (Lipinski definition) is 1. The van der Waals surface area contributed by atoms with Crippen LogP contribution in [0.4, 0.5) is 5.82 Å². The summed E-state index contributed by atoms with van der Waals surface area (Å²) in [6, 6.07) is 7.90. The predicted molar refractivity (Wildman–Crippen MR) is 113 cm³/mol. The van der Waals surface area contributed by atoms with E-state index < -0.39 is 5.60 Å². The lowest BCUT2D eigenvalue weighted by Crippen LogP contribution is -2.38. The van der Waals surface area contributed by atoms with Crippen LogP contribution in [0.2, 0.25) is 5.28 Å². The fraction of sp³-hybridized carbons (Fsp3) is 0.476. The molecule has 0 atom stereocenters. The number of morpholine rings is 1. The number of anilines is 1. The fourth-order valence-corrected chi connectivity index (χ4v) is 4.31. The summed E-state index contributed by atoms with van der Waals surface area (Å²) in [7, 11) is 1.65. The van der Waals surface area contributed by atoms with Gasteiger partial charge >= 0.3 is 0 Å². The molecule has 30 heavy (non-hydrogen) atoms. The van der Waals surface area contributed by atoms with Gasteiger partial charge in [-0.25, -0.2) is 4.98 Å². The van der Waals surface area contributed by atoms with Gasteiger partial charge in [-0.05, 0) is 48.6 Å². The zero-order valence-electron chi connectivity index (χ0n) is 16.8. The molecule has 0 spiro atoms. The first-order valence-electron chi connectivity index (χ1n) is 10.2. The molecule has 2 aliphatic rings. The Labute approximate surface area is 179 Å². The molecule has 0 unspecified atom stereocenters. The van der Waals surface area contributed by atoms with Gasteiger partial charge in [0.2, 0.25) is 5.28 Å². The Hall–Kier alpha value is -2.42. The van der Waals surface area contributed by atoms with Gasteiger partial charge in [0.05, 0.1) is 20.3 Å². The van der Waals surface area contributed by atoms with Crippen LogP contribution in [0.15, 0.2) is 24.3 Å². The number of ether oxygens (including phenoxy) is 2. The van der Waals surface area contributed by atoms with Crippen molar-refractivity contribution in [2.24, 2.45) is 0 Å². The fourth-order valence-electron chi connectivity index (χ4n) is 4.15. The van der Waals surface area contributed by atoms with E-state index in [0.29, 0.717) is 44.1 Å². The summed E-state index contributed by atoms with van der Waals surface area (Å²) in [6.45, 7) is 3.24. The number of nitrogens with zero attached hydrogens (tertiary/aromatic N) is 5. The number of aromatic nitrogens is 4. The van der Waals surface area contributed by atoms with E-state index in [1.165, 1.54) is 0 Å². The highest BCUT2D eigenvalue weighted by Gasteiger charge is 2.42. The molecule has 1 aliphatic carbocycles. The Morgan fingerprint density at radius 1 is 1.13 bits per heavy atom. The van der Waals surface area contributed by atoms with E-state index in [1.807, 2.05) is 24.3 Å². The lowest BCUT2D eigenvalue weighted by atomic mass is 9.79. The van der Waals surface area contributed by atoms with E-state index in [9.17, 15) is 5.11 Å². The number of methoxy groups -OCH3 is 1. The average Bonchev–Trinajstić information content (AvgIpc) is 3.11. The molecule has 1 saturated carbocycles. The minimum absolute atomic E-state index is 0.158. The van der Waals surface area contributed by atoms with Crippen LogP contribution in [-0.2, 0) is 16.9 Å². The topological polar surface area (TPSA) is 85.5 Å². The number of benzene rings is 1. The maximum Gasteiger partial charge on any atom is 0.226 e. The van der Waals surface area contributed by atoms with Crippen LogP contribution in [0, 0.1) is 0 Å². The van der Waals surface area contributed by atoms with Crippen LogP contribution >= 0.6 is 11.6 Å². The van der Waals surface area contributed by atoms with Gasteiger partial charge in [-0.3, -0.25) is 0 Å². The monoisotopic (exact) mass is 429 g/mol. The highest BCUT2D eigenvalue weighted by atomic mass is 35.5. The van der Waals surface area contributed by atoms with Crippen LogP contribution in [0.5, 0.6) is 5.75 Å². The van der Waals surface area contributed by atoms with Crippen molar-refractivity contribution in [3.8, 4) is 5.75 Å². The lowest BCUT2D eigenvalue weighted by Gasteiger charge is -2.36. The first-order chi connectivity index (χ1) is 14.6. The molecule has 1 aromatic carbocycles. The molecule has 8 nitrogen and oxygen atoms in total. The smallest absolute Gasteiger partial charge is 0.226 e. The Bertz CT molecular complexity index is 1060. The zero-order chi connectivity index (χ0) is 20.7. The third kappa shape index (κ3) is 3.38. The molecule has 0 radical (unpaired) electrons. The maximum atomic E-state index is 11.2. The van der Waals surface area contributed by atoms with E-state index in [2.05, 4.69) is 19.4 Å². The van der Waals surface area contributed by atoms with E-state index in [-0.39, 0.29) is 5.28 Å². The molecule has 2 fully saturated rings. The van der Waals surface area contributed by atoms with Crippen molar-refractivity contribution in [1.29, 1.82) is 0 Å². The van der Waals surface area contributed by atoms with Crippen LogP contribution in [0.1, 0.15) is 30.7 Å². The largest absolute Gasteiger partial charge is 0.497 e. The van der Waals surface area contributed by atoms with E-state index in [1.54, 1.807) is 7.11 Å². The molecule has 0 bridgehead atoms. The molecular weight excluding hydrogens is 406 g/mol. The van der Waals surface area contributed by atoms with E-state index >= 15 is 0 Å². The van der Waals surface area contributed by atoms with Crippen molar-refractivity contribution in [3.63, 3.8) is 0 Å². The molecule has 1 aliphatic heterocycles. The number of rotatable bonds is 5. The van der Waals surface area contributed by atoms with Crippen LogP contribution in [0.3, 0.4) is 0 Å². The minimum atomic E-state index is -0.943. The zero-order valence-corrected chi connectivity index (χ0v) is 17.6. The van der Waals surface area contributed by atoms with Gasteiger partial charge in [0.1, 0.15) is 22.7 Å². The first kappa shape index (κ1) is 19.5. The summed E-state index contributed by atoms with van der Waals surface area (Å²) >= 11 is 6.25. The second kappa shape index (κ2) is 7.68. The van der Waals surface area contributed by atoms with Crippen LogP contribution in [0.25, 0.3) is 11.2 Å². The van der Waals surface area contributed by atoms with Crippen molar-refractivity contribution in [1.82, 2.24) is 19.5 Å². The Kier molecular flexibility index (Phi) is 5.00. The summed E-state index contributed by atoms with van der Waals surface area (Å²) < 4.78 is 12.8. The van der Waals surface area contributed by atoms with Gasteiger partial charge in [-0.15, -0.1) is 0 Å². The van der Waals surface area contributed by atoms with Crippen molar-refractivity contribution in [2.45, 2.75) is 31.4 Å². The second-order valence-corrected chi connectivity index (χ2v) is 8.18. The number of hydrogen-bond acceptors (Lipinski definition) is 7. The minimum Gasteiger partial charge on any atom is -0.497 e. The van der Waals surface area contributed by atoms with Gasteiger partial charge in [0.25, 0.3) is 0 Å². The summed E-state index contributed by atoms with van der Waals surface area (Å²) in [5.74, 6) is 2.17. The van der Waals surface area contributed by atoms with E-state index in [4.69, 9.17) is 26.1 Å². The van der Waals surface area contributed by atoms with Crippen molar-refractivity contribution in [3.05, 3.63) is 40.9 Å². The van der Waals surface area contributed by atoms with Gasteiger partial charge < -0.3 is 24.0 Å². The highest BCUT2D eigenvalue weighted by Crippen LogP contribution is 2.42. The molecule has 9 heteroatoms. The third-order valence-corrected chi connectivity index (χ3v) is 6.13. The predicted octanol–water partition coefficient (Wildman–Crippen LogP) is 2.74. The Balaban J connectivity index is 1.67. The normalized spacial score (nSPS) is 18.4. The summed E-state index contributed by atoms with van der Waals surface area (Å²) in [5.41, 5.74) is 1.44. The summed E-state index contributed by atoms with van der Waals surface area (Å²) in [4.78, 5) is 15.8. The third-order valence-electron chi connectivity index (χ3n) is 5.96. The molecule has 158 valence electrons. The molecule has 5 rings (SSSR count). The molecule has 1 saturated heterocycles. The standard InChI is InChI=1S/C21H24ClN5O3/c1-29-15-5-3-14(4-6-15)13-27-16-17(23-19(27)21(28)7-2-8-21)24-20(22)25-18(16)26-9-11-30-12-10-26/h3-6,28H,2,7-13H2,1H3. The molecule has 0 amide bonds. The molecule has 3 heterocycles. The maximum absolute atomic E-state index is 11.2. The molecule has 3 aromatic rings. The molecule has 1 N–H and O–H groups in total. The summed E-state index contributed by atoms with van der Waals surface area (Å²) in [6.07, 6.45) is 2.35. The first-order valence-corrected chi connectivity index (χ1v) is 10.6. The Morgan fingerprint density at radius 3 is 2.50 bits per heavy atom. The summed E-state index contributed by atoms with van der Waals surface area (Å²) in [5, 5.41) is 11.3. The Morgan fingerprint density at radius 2 is 1.87 bits per heavy atom. The van der Waals surface area contributed by atoms with Crippen molar-refractivity contribution in [2.75, 3.05) is 38.3 Å². The van der Waals surface area contributed by atoms with Gasteiger partial charge in [-0.1, -0.05) is 12.1 Å². The average molecular weight is 430 g/mol. The van der Waals surface area contributed by atoms with Crippen molar-refractivity contribution < 1.29 is 14.6 Å². The quantitative estimate of drug-likeness (QED) is 0.624. The number of imidazole rings is 1. The second-order valence-electron chi connectivity index (χ2n) is 7.84. The lowest BCUT2D eigenvalue weighted by molar-refractivity contribution is -0.0488. The van der Waals surface area contributed by atoms with E-state index in [0.717, 1.165) is 42.2 Å². The van der Waals surface area contributed by atoms with Crippen LogP contribution in [-0.4, -0.2) is 58.0 Å². The van der Waals surface area contributed by atoms with Gasteiger partial charge in [0.15, 0.2) is 11.5 Å². The molecular formula is C21H24ClN5O3. The SMILES string of the molecule is COc1ccc(Cn2c(C3(O)CCC3)nc3nc(Cl)nc(N4CCOCC4)c32)cc1. The number of aliphatic hydroxyl groups is 1. The number of fused-ring (bicyclic) bond motifs is 1. The van der Waals surface area contributed by atoms with Gasteiger partial charge in [0, 0.05) is 19.6 Å². The highest BCUT2D eigenvalue weighted by molar-refractivity contribution is 6.28. The molecule has 2 aromatic heterocycles. The van der Waals surface area contributed by atoms with Crippen LogP contribution < -0.4 is 9.64 Å². The number of halogens is 1. The van der Waals surface area contributed by atoms with Crippen molar-refractivity contribution >= 4 is 28.6 Å².